The maximum absolute atomic E-state index is 13.4. The lowest BCUT2D eigenvalue weighted by Crippen LogP contribution is -2.34. The van der Waals surface area contributed by atoms with Gasteiger partial charge in [0.15, 0.2) is 11.5 Å². The molecule has 1 saturated heterocycles. The molecule has 5 atom stereocenters. The summed E-state index contributed by atoms with van der Waals surface area (Å²) in [5.74, 6) is 0.305. The number of nitrogen functional groups attached to an aromatic ring is 1. The average Bonchev–Trinajstić information content (AvgIpc) is 3.37. The van der Waals surface area contributed by atoms with Gasteiger partial charge in [0, 0.05) is 6.42 Å². The number of Topliss-reactive ketones (excluding diaryl/α,β-unsaturated/α-hetero) is 1. The number of carbonyl (C=O) groups excluding carboxylic acids is 1. The van der Waals surface area contributed by atoms with Gasteiger partial charge in [-0.25, -0.2) is 24.6 Å². The topological polar surface area (TPSA) is 164 Å². The molecule has 4 rings (SSSR count). The van der Waals surface area contributed by atoms with Gasteiger partial charge in [-0.15, -0.1) is 0 Å². The van der Waals surface area contributed by atoms with Crippen molar-refractivity contribution in [3.63, 3.8) is 0 Å². The Kier molecular flexibility index (Phi) is 6.73. The standard InChI is InChI=1S/C20H25N6O6P/c1-12(13(2)27)25-33(29,32-14-6-4-3-5-7-14)30-9-16-15(28)8-17(31-16)26-11-24-18-19(21)22-10-23-20(18)26/h3-7,10-12,15-17,28H,8-9H2,1-2H3,(H,25,29)(H2,21,22,23)/t12-,15+,16+,17+,33?/m0/s1. The Bertz CT molecular complexity index is 1170. The van der Waals surface area contributed by atoms with Crippen molar-refractivity contribution in [2.24, 2.45) is 0 Å². The summed E-state index contributed by atoms with van der Waals surface area (Å²) >= 11 is 0. The van der Waals surface area contributed by atoms with Gasteiger partial charge in [0.2, 0.25) is 0 Å². The van der Waals surface area contributed by atoms with Gasteiger partial charge in [-0.05, 0) is 26.0 Å². The molecule has 1 fully saturated rings. The van der Waals surface area contributed by atoms with Crippen molar-refractivity contribution in [1.29, 1.82) is 0 Å². The second-order valence-electron chi connectivity index (χ2n) is 7.67. The van der Waals surface area contributed by atoms with Gasteiger partial charge in [0.05, 0.1) is 25.1 Å². The zero-order valence-electron chi connectivity index (χ0n) is 18.1. The van der Waals surface area contributed by atoms with Gasteiger partial charge in [-0.2, -0.15) is 0 Å². The number of aromatic nitrogens is 4. The molecular formula is C20H25N6O6P. The Morgan fingerprint density at radius 3 is 2.85 bits per heavy atom. The number of imidazole rings is 1. The number of ketones is 1. The molecule has 1 aromatic carbocycles. The Labute approximate surface area is 189 Å². The molecule has 0 spiro atoms. The summed E-state index contributed by atoms with van der Waals surface area (Å²) in [6.07, 6.45) is 0.739. The third-order valence-electron chi connectivity index (χ3n) is 5.24. The minimum Gasteiger partial charge on any atom is -0.413 e. The quantitative estimate of drug-likeness (QED) is 0.386. The van der Waals surface area contributed by atoms with Gasteiger partial charge in [0.25, 0.3) is 0 Å². The molecule has 1 unspecified atom stereocenters. The van der Waals surface area contributed by atoms with Crippen molar-refractivity contribution in [2.45, 2.75) is 44.7 Å². The predicted octanol–water partition coefficient (Wildman–Crippen LogP) is 1.83. The van der Waals surface area contributed by atoms with E-state index in [1.165, 1.54) is 19.6 Å². The lowest BCUT2D eigenvalue weighted by atomic mass is 10.2. The highest BCUT2D eigenvalue weighted by Gasteiger charge is 2.39. The first kappa shape index (κ1) is 23.3. The molecular weight excluding hydrogens is 451 g/mol. The summed E-state index contributed by atoms with van der Waals surface area (Å²) in [7, 11) is -3.97. The van der Waals surface area contributed by atoms with Crippen molar-refractivity contribution in [3.8, 4) is 5.75 Å². The molecule has 13 heteroatoms. The van der Waals surface area contributed by atoms with Crippen molar-refractivity contribution in [3.05, 3.63) is 43.0 Å². The minimum absolute atomic E-state index is 0.227. The molecule has 176 valence electrons. The fourth-order valence-corrected chi connectivity index (χ4v) is 4.90. The van der Waals surface area contributed by atoms with Crippen LogP contribution in [0.1, 0.15) is 26.5 Å². The van der Waals surface area contributed by atoms with Gasteiger partial charge < -0.3 is 20.1 Å². The van der Waals surface area contributed by atoms with Crippen LogP contribution in [0.3, 0.4) is 0 Å². The van der Waals surface area contributed by atoms with Crippen molar-refractivity contribution < 1.29 is 28.3 Å². The number of anilines is 1. The summed E-state index contributed by atoms with van der Waals surface area (Å²) in [4.78, 5) is 24.0. The van der Waals surface area contributed by atoms with Crippen molar-refractivity contribution in [2.75, 3.05) is 12.3 Å². The van der Waals surface area contributed by atoms with Crippen LogP contribution in [0.25, 0.3) is 11.2 Å². The highest BCUT2D eigenvalue weighted by atomic mass is 31.2. The molecule has 1 aliphatic rings. The van der Waals surface area contributed by atoms with Crippen molar-refractivity contribution in [1.82, 2.24) is 24.6 Å². The summed E-state index contributed by atoms with van der Waals surface area (Å²) in [5.41, 5.74) is 6.73. The second-order valence-corrected chi connectivity index (χ2v) is 9.37. The molecule has 0 radical (unpaired) electrons. The summed E-state index contributed by atoms with van der Waals surface area (Å²) in [6, 6.07) is 7.67. The van der Waals surface area contributed by atoms with E-state index in [1.807, 2.05) is 0 Å². The Hall–Kier alpha value is -2.89. The number of hydrogen-bond acceptors (Lipinski definition) is 10. The van der Waals surface area contributed by atoms with Crippen LogP contribution in [0.4, 0.5) is 5.82 Å². The monoisotopic (exact) mass is 476 g/mol. The molecule has 0 aliphatic carbocycles. The highest BCUT2D eigenvalue weighted by molar-refractivity contribution is 7.52. The normalized spacial score (nSPS) is 23.3. The first-order chi connectivity index (χ1) is 15.8. The van der Waals surface area contributed by atoms with E-state index in [9.17, 15) is 14.5 Å². The van der Waals surface area contributed by atoms with E-state index in [2.05, 4.69) is 20.0 Å². The lowest BCUT2D eigenvalue weighted by Gasteiger charge is -2.24. The Morgan fingerprint density at radius 2 is 2.12 bits per heavy atom. The molecule has 33 heavy (non-hydrogen) atoms. The minimum atomic E-state index is -3.97. The highest BCUT2D eigenvalue weighted by Crippen LogP contribution is 2.46. The maximum Gasteiger partial charge on any atom is 0.459 e. The first-order valence-corrected chi connectivity index (χ1v) is 11.8. The number of carbonyl (C=O) groups is 1. The van der Waals surface area contributed by atoms with Gasteiger partial charge in [-0.1, -0.05) is 18.2 Å². The van der Waals surface area contributed by atoms with Gasteiger partial charge >= 0.3 is 7.75 Å². The van der Waals surface area contributed by atoms with Crippen LogP contribution in [-0.2, 0) is 18.6 Å². The molecule has 0 saturated carbocycles. The third-order valence-corrected chi connectivity index (χ3v) is 6.88. The molecule has 12 nitrogen and oxygen atoms in total. The lowest BCUT2D eigenvalue weighted by molar-refractivity contribution is -0.118. The van der Waals surface area contributed by atoms with Gasteiger partial charge in [-0.3, -0.25) is 13.9 Å². The van der Waals surface area contributed by atoms with Crippen LogP contribution in [-0.4, -0.2) is 55.3 Å². The van der Waals surface area contributed by atoms with Crippen molar-refractivity contribution >= 4 is 30.5 Å². The maximum atomic E-state index is 13.4. The largest absolute Gasteiger partial charge is 0.459 e. The molecule has 3 aromatic rings. The zero-order chi connectivity index (χ0) is 23.6. The third kappa shape index (κ3) is 5.21. The number of benzene rings is 1. The summed E-state index contributed by atoms with van der Waals surface area (Å²) in [5, 5.41) is 13.2. The van der Waals surface area contributed by atoms with Gasteiger partial charge in [0.1, 0.15) is 35.7 Å². The molecule has 4 N–H and O–H groups in total. The number of ether oxygens (including phenoxy) is 1. The molecule has 0 amide bonds. The van der Waals surface area contributed by atoms with E-state index in [-0.39, 0.29) is 24.6 Å². The number of nitrogens with one attached hydrogen (secondary N) is 1. The summed E-state index contributed by atoms with van der Waals surface area (Å²) < 4.78 is 32.1. The number of hydrogen-bond donors (Lipinski definition) is 3. The molecule has 3 heterocycles. The molecule has 2 aromatic heterocycles. The average molecular weight is 476 g/mol. The van der Waals surface area contributed by atoms with E-state index >= 15 is 0 Å². The fourth-order valence-electron chi connectivity index (χ4n) is 3.33. The number of nitrogens with zero attached hydrogens (tertiary/aromatic N) is 4. The number of aliphatic hydroxyl groups is 1. The van der Waals surface area contributed by atoms with Crippen LogP contribution >= 0.6 is 7.75 Å². The SMILES string of the molecule is CC(=O)[C@H](C)NP(=O)(OC[C@H]1O[C@@H](n2cnc3c(N)ncnc32)C[C@H]1O)Oc1ccccc1. The van der Waals surface area contributed by atoms with E-state index in [0.29, 0.717) is 16.9 Å². The second kappa shape index (κ2) is 9.54. The van der Waals surface area contributed by atoms with E-state index in [1.54, 1.807) is 41.8 Å². The first-order valence-electron chi connectivity index (χ1n) is 10.3. The zero-order valence-corrected chi connectivity index (χ0v) is 19.0. The smallest absolute Gasteiger partial charge is 0.413 e. The fraction of sp³-hybridized carbons (Fsp3) is 0.400. The van der Waals surface area contributed by atoms with Crippen LogP contribution < -0.4 is 15.3 Å². The summed E-state index contributed by atoms with van der Waals surface area (Å²) in [6.45, 7) is 2.68. The van der Waals surface area contributed by atoms with E-state index in [0.717, 1.165) is 0 Å². The number of para-hydroxylation sites is 1. The Balaban J connectivity index is 1.47. The van der Waals surface area contributed by atoms with Crippen LogP contribution in [0.5, 0.6) is 5.75 Å². The number of rotatable bonds is 9. The Morgan fingerprint density at radius 1 is 1.36 bits per heavy atom. The number of fused-ring (bicyclic) bond motifs is 1. The van der Waals surface area contributed by atoms with E-state index < -0.39 is 32.2 Å². The molecule has 1 aliphatic heterocycles. The van der Waals surface area contributed by atoms with Crippen LogP contribution in [0.15, 0.2) is 43.0 Å². The van der Waals surface area contributed by atoms with Crippen LogP contribution in [0, 0.1) is 0 Å². The number of nitrogens with two attached hydrogens (primary N) is 1. The van der Waals surface area contributed by atoms with Crippen LogP contribution in [0.2, 0.25) is 0 Å². The van der Waals surface area contributed by atoms with E-state index in [4.69, 9.17) is 19.5 Å². The predicted molar refractivity (Wildman–Crippen MR) is 118 cm³/mol. The number of aliphatic hydroxyl groups excluding tert-OH is 1. The molecule has 0 bridgehead atoms.